The molecule has 0 spiro atoms. The molecule has 2 heteroatoms. The molecule has 0 aliphatic heterocycles. The summed E-state index contributed by atoms with van der Waals surface area (Å²) in [5.74, 6) is 0. The van der Waals surface area contributed by atoms with Crippen LogP contribution in [0.15, 0.2) is 36.9 Å². The number of hydrogen-bond donors (Lipinski definition) is 1. The van der Waals surface area contributed by atoms with E-state index >= 15 is 0 Å². The Balaban J connectivity index is 2.32. The Bertz CT molecular complexity index is 322. The summed E-state index contributed by atoms with van der Waals surface area (Å²) in [4.78, 5) is 0. The van der Waals surface area contributed by atoms with E-state index in [9.17, 15) is 5.11 Å². The SMILES string of the molecule is C=CCCCCCC(O)c1ccccc1I. The molecule has 1 N–H and O–H groups in total. The molecular formula is C14H19IO. The van der Waals surface area contributed by atoms with Crippen molar-refractivity contribution in [2.75, 3.05) is 0 Å². The standard InChI is InChI=1S/C14H19IO/c1-2-3-4-5-6-11-14(16)12-9-7-8-10-13(12)15/h2,7-10,14,16H,1,3-6,11H2. The highest BCUT2D eigenvalue weighted by atomic mass is 127. The minimum absolute atomic E-state index is 0.308. The van der Waals surface area contributed by atoms with E-state index in [0.29, 0.717) is 0 Å². The number of rotatable bonds is 7. The summed E-state index contributed by atoms with van der Waals surface area (Å²) in [5.41, 5.74) is 1.06. The molecule has 1 aromatic carbocycles. The van der Waals surface area contributed by atoms with E-state index in [1.165, 1.54) is 12.8 Å². The van der Waals surface area contributed by atoms with E-state index in [-0.39, 0.29) is 6.10 Å². The Labute approximate surface area is 112 Å². The van der Waals surface area contributed by atoms with Crippen molar-refractivity contribution in [2.24, 2.45) is 0 Å². The predicted molar refractivity (Wildman–Crippen MR) is 77.4 cm³/mol. The topological polar surface area (TPSA) is 20.2 Å². The number of halogens is 1. The highest BCUT2D eigenvalue weighted by molar-refractivity contribution is 14.1. The summed E-state index contributed by atoms with van der Waals surface area (Å²) < 4.78 is 1.15. The summed E-state index contributed by atoms with van der Waals surface area (Å²) in [6.45, 7) is 3.70. The van der Waals surface area contributed by atoms with Crippen molar-refractivity contribution >= 4 is 22.6 Å². The van der Waals surface area contributed by atoms with Gasteiger partial charge in [0.05, 0.1) is 6.10 Å². The second-order valence-corrected chi connectivity index (χ2v) is 5.13. The highest BCUT2D eigenvalue weighted by Crippen LogP contribution is 2.24. The molecule has 1 rings (SSSR count). The fourth-order valence-corrected chi connectivity index (χ4v) is 2.45. The number of benzene rings is 1. The van der Waals surface area contributed by atoms with Gasteiger partial charge in [0.1, 0.15) is 0 Å². The lowest BCUT2D eigenvalue weighted by molar-refractivity contribution is 0.162. The van der Waals surface area contributed by atoms with Gasteiger partial charge in [-0.3, -0.25) is 0 Å². The van der Waals surface area contributed by atoms with Gasteiger partial charge >= 0.3 is 0 Å². The van der Waals surface area contributed by atoms with Gasteiger partial charge < -0.3 is 5.11 Å². The van der Waals surface area contributed by atoms with Crippen molar-refractivity contribution in [3.8, 4) is 0 Å². The Hall–Kier alpha value is -0.350. The van der Waals surface area contributed by atoms with Gasteiger partial charge in [0.25, 0.3) is 0 Å². The average Bonchev–Trinajstić information content (AvgIpc) is 2.29. The quantitative estimate of drug-likeness (QED) is 0.445. The van der Waals surface area contributed by atoms with Gasteiger partial charge in [-0.05, 0) is 53.5 Å². The molecule has 0 aromatic heterocycles. The first-order valence-corrected chi connectivity index (χ1v) is 6.87. The first-order chi connectivity index (χ1) is 7.75. The van der Waals surface area contributed by atoms with Crippen LogP contribution in [-0.4, -0.2) is 5.11 Å². The minimum atomic E-state index is -0.308. The molecule has 16 heavy (non-hydrogen) atoms. The summed E-state index contributed by atoms with van der Waals surface area (Å²) in [7, 11) is 0. The largest absolute Gasteiger partial charge is 0.388 e. The Morgan fingerprint density at radius 2 is 2.00 bits per heavy atom. The summed E-state index contributed by atoms with van der Waals surface area (Å²) in [6, 6.07) is 8.04. The monoisotopic (exact) mass is 330 g/mol. The second-order valence-electron chi connectivity index (χ2n) is 3.96. The fraction of sp³-hybridized carbons (Fsp3) is 0.429. The van der Waals surface area contributed by atoms with Gasteiger partial charge in [-0.1, -0.05) is 37.1 Å². The van der Waals surface area contributed by atoms with Crippen LogP contribution >= 0.6 is 22.6 Å². The van der Waals surface area contributed by atoms with Crippen LogP contribution in [0.3, 0.4) is 0 Å². The maximum Gasteiger partial charge on any atom is 0.0800 e. The smallest absolute Gasteiger partial charge is 0.0800 e. The molecule has 1 nitrogen and oxygen atoms in total. The van der Waals surface area contributed by atoms with E-state index in [2.05, 4.69) is 29.2 Å². The minimum Gasteiger partial charge on any atom is -0.388 e. The van der Waals surface area contributed by atoms with Gasteiger partial charge in [-0.2, -0.15) is 0 Å². The van der Waals surface area contributed by atoms with Crippen LogP contribution in [0.4, 0.5) is 0 Å². The van der Waals surface area contributed by atoms with E-state index in [0.717, 1.165) is 28.4 Å². The van der Waals surface area contributed by atoms with Gasteiger partial charge in [0.2, 0.25) is 0 Å². The van der Waals surface area contributed by atoms with Crippen molar-refractivity contribution in [1.29, 1.82) is 0 Å². The lowest BCUT2D eigenvalue weighted by Gasteiger charge is -2.12. The third kappa shape index (κ3) is 4.66. The third-order valence-corrected chi connectivity index (χ3v) is 3.63. The zero-order valence-electron chi connectivity index (χ0n) is 9.53. The van der Waals surface area contributed by atoms with Gasteiger partial charge in [0, 0.05) is 3.57 Å². The van der Waals surface area contributed by atoms with E-state index in [1.807, 2.05) is 30.3 Å². The van der Waals surface area contributed by atoms with E-state index in [4.69, 9.17) is 0 Å². The molecule has 0 amide bonds. The maximum atomic E-state index is 10.0. The third-order valence-electron chi connectivity index (χ3n) is 2.65. The van der Waals surface area contributed by atoms with Gasteiger partial charge in [-0.15, -0.1) is 6.58 Å². The lowest BCUT2D eigenvalue weighted by Crippen LogP contribution is -1.99. The van der Waals surface area contributed by atoms with Gasteiger partial charge in [0.15, 0.2) is 0 Å². The molecule has 0 saturated heterocycles. The lowest BCUT2D eigenvalue weighted by atomic mass is 10.0. The average molecular weight is 330 g/mol. The van der Waals surface area contributed by atoms with Crippen molar-refractivity contribution in [3.05, 3.63) is 46.1 Å². The van der Waals surface area contributed by atoms with Crippen molar-refractivity contribution in [1.82, 2.24) is 0 Å². The Morgan fingerprint density at radius 3 is 2.69 bits per heavy atom. The van der Waals surface area contributed by atoms with Gasteiger partial charge in [-0.25, -0.2) is 0 Å². The number of hydrogen-bond acceptors (Lipinski definition) is 1. The Kier molecular flexibility index (Phi) is 6.73. The second kappa shape index (κ2) is 7.85. The summed E-state index contributed by atoms with van der Waals surface area (Å²) >= 11 is 2.28. The van der Waals surface area contributed by atoms with Crippen LogP contribution in [0.2, 0.25) is 0 Å². The zero-order chi connectivity index (χ0) is 11.8. The zero-order valence-corrected chi connectivity index (χ0v) is 11.7. The van der Waals surface area contributed by atoms with Crippen LogP contribution in [0.1, 0.15) is 43.8 Å². The molecule has 0 radical (unpaired) electrons. The normalized spacial score (nSPS) is 12.4. The summed E-state index contributed by atoms with van der Waals surface area (Å²) in [6.07, 6.45) is 7.03. The predicted octanol–water partition coefficient (Wildman–Crippen LogP) is 4.46. The van der Waals surface area contributed by atoms with Crippen LogP contribution < -0.4 is 0 Å². The molecule has 0 aliphatic rings. The van der Waals surface area contributed by atoms with Crippen molar-refractivity contribution < 1.29 is 5.11 Å². The molecule has 0 aliphatic carbocycles. The highest BCUT2D eigenvalue weighted by Gasteiger charge is 2.09. The Morgan fingerprint density at radius 1 is 1.25 bits per heavy atom. The maximum absolute atomic E-state index is 10.0. The van der Waals surface area contributed by atoms with E-state index in [1.54, 1.807) is 0 Å². The van der Waals surface area contributed by atoms with Crippen LogP contribution in [0.5, 0.6) is 0 Å². The van der Waals surface area contributed by atoms with Crippen LogP contribution in [0, 0.1) is 3.57 Å². The molecule has 0 saturated carbocycles. The van der Waals surface area contributed by atoms with Crippen LogP contribution in [0.25, 0.3) is 0 Å². The summed E-state index contributed by atoms with van der Waals surface area (Å²) in [5, 5.41) is 10.0. The van der Waals surface area contributed by atoms with Crippen molar-refractivity contribution in [3.63, 3.8) is 0 Å². The first kappa shape index (κ1) is 13.7. The molecule has 1 unspecified atom stereocenters. The van der Waals surface area contributed by atoms with Crippen molar-refractivity contribution in [2.45, 2.75) is 38.2 Å². The molecule has 0 heterocycles. The molecule has 1 aromatic rings. The molecule has 0 bridgehead atoms. The number of aliphatic hydroxyl groups excluding tert-OH is 1. The molecular weight excluding hydrogens is 311 g/mol. The van der Waals surface area contributed by atoms with Crippen LogP contribution in [-0.2, 0) is 0 Å². The fourth-order valence-electron chi connectivity index (χ4n) is 1.70. The molecule has 88 valence electrons. The number of unbranched alkanes of at least 4 members (excludes halogenated alkanes) is 3. The van der Waals surface area contributed by atoms with E-state index < -0.39 is 0 Å². The number of allylic oxidation sites excluding steroid dienone is 1. The number of aliphatic hydroxyl groups is 1. The molecule has 1 atom stereocenters. The first-order valence-electron chi connectivity index (χ1n) is 5.79. The molecule has 0 fully saturated rings.